The average molecular weight is 235 g/mol. The summed E-state index contributed by atoms with van der Waals surface area (Å²) in [5, 5.41) is 3.17. The summed E-state index contributed by atoms with van der Waals surface area (Å²) in [7, 11) is 0. The molecular weight excluding hydrogens is 221 g/mol. The Kier molecular flexibility index (Phi) is 5.79. The molecule has 0 amide bonds. The van der Waals surface area contributed by atoms with E-state index in [4.69, 9.17) is 10.3 Å². The molecule has 17 heavy (non-hydrogen) atoms. The molecule has 1 aromatic rings. The van der Waals surface area contributed by atoms with Crippen LogP contribution in [0.1, 0.15) is 5.56 Å². The Balaban J connectivity index is 2.47. The van der Waals surface area contributed by atoms with Gasteiger partial charge in [-0.05, 0) is 11.1 Å². The van der Waals surface area contributed by atoms with Gasteiger partial charge in [-0.2, -0.15) is 0 Å². The largest absolute Gasteiger partial charge is 0.366 e. The Labute approximate surface area is 99.3 Å². The maximum absolute atomic E-state index is 13.5. The van der Waals surface area contributed by atoms with Crippen LogP contribution in [-0.2, 0) is 11.3 Å². The second kappa shape index (κ2) is 7.44. The van der Waals surface area contributed by atoms with Crippen LogP contribution in [0.15, 0.2) is 48.1 Å². The number of benzene rings is 1. The molecule has 0 N–H and O–H groups in total. The summed E-state index contributed by atoms with van der Waals surface area (Å²) >= 11 is 0. The summed E-state index contributed by atoms with van der Waals surface area (Å²) in [4.78, 5) is 2.51. The summed E-state index contributed by atoms with van der Waals surface area (Å²) in [5.41, 5.74) is 9.06. The fourth-order valence-corrected chi connectivity index (χ4v) is 1.31. The van der Waals surface area contributed by atoms with Crippen LogP contribution in [0.2, 0.25) is 0 Å². The van der Waals surface area contributed by atoms with E-state index in [1.165, 1.54) is 6.08 Å². The lowest BCUT2D eigenvalue weighted by molar-refractivity contribution is 0.0211. The van der Waals surface area contributed by atoms with E-state index in [2.05, 4.69) is 16.6 Å². The van der Waals surface area contributed by atoms with E-state index in [0.717, 1.165) is 5.56 Å². The Hall–Kier alpha value is -1.84. The third-order valence-corrected chi connectivity index (χ3v) is 2.19. The van der Waals surface area contributed by atoms with E-state index in [9.17, 15) is 4.39 Å². The van der Waals surface area contributed by atoms with E-state index in [1.807, 2.05) is 30.3 Å². The van der Waals surface area contributed by atoms with Crippen LogP contribution in [-0.4, -0.2) is 18.8 Å². The molecule has 0 aliphatic carbocycles. The molecule has 1 aromatic carbocycles. The van der Waals surface area contributed by atoms with Crippen molar-refractivity contribution >= 4 is 0 Å². The molecule has 0 unspecified atom stereocenters. The van der Waals surface area contributed by atoms with Crippen LogP contribution >= 0.6 is 0 Å². The number of hydrogen-bond donors (Lipinski definition) is 0. The summed E-state index contributed by atoms with van der Waals surface area (Å²) in [5.74, 6) is 0. The van der Waals surface area contributed by atoms with Crippen LogP contribution in [0.25, 0.3) is 10.4 Å². The number of azide groups is 1. The van der Waals surface area contributed by atoms with Crippen molar-refractivity contribution in [2.24, 2.45) is 5.11 Å². The highest BCUT2D eigenvalue weighted by molar-refractivity contribution is 5.13. The molecule has 90 valence electrons. The van der Waals surface area contributed by atoms with Crippen molar-refractivity contribution in [3.63, 3.8) is 0 Å². The van der Waals surface area contributed by atoms with E-state index < -0.39 is 12.3 Å². The Morgan fingerprint density at radius 1 is 1.47 bits per heavy atom. The second-order valence-corrected chi connectivity index (χ2v) is 3.43. The van der Waals surface area contributed by atoms with Crippen LogP contribution in [0.3, 0.4) is 0 Å². The van der Waals surface area contributed by atoms with Gasteiger partial charge in [0.15, 0.2) is 0 Å². The van der Waals surface area contributed by atoms with Gasteiger partial charge in [0.2, 0.25) is 0 Å². The molecule has 0 aliphatic heterocycles. The lowest BCUT2D eigenvalue weighted by atomic mass is 10.2. The molecule has 0 saturated heterocycles. The zero-order valence-corrected chi connectivity index (χ0v) is 9.37. The molecule has 0 fully saturated rings. The molecule has 0 saturated carbocycles. The third kappa shape index (κ3) is 4.68. The van der Waals surface area contributed by atoms with Crippen LogP contribution < -0.4 is 0 Å². The Morgan fingerprint density at radius 2 is 2.18 bits per heavy atom. The standard InChI is InChI=1S/C12H14FN3O/c1-2-12(11(13)8-15-16-14)17-9-10-6-4-3-5-7-10/h2-7,11-12H,1,8-9H2/t11-,12+/m0/s1. The first-order chi connectivity index (χ1) is 8.27. The minimum Gasteiger partial charge on any atom is -0.366 e. The number of nitrogens with zero attached hydrogens (tertiary/aromatic N) is 3. The minimum atomic E-state index is -1.37. The maximum Gasteiger partial charge on any atom is 0.135 e. The van der Waals surface area contributed by atoms with Gasteiger partial charge in [0.05, 0.1) is 13.2 Å². The van der Waals surface area contributed by atoms with Crippen LogP contribution in [0.5, 0.6) is 0 Å². The van der Waals surface area contributed by atoms with E-state index in [1.54, 1.807) is 0 Å². The van der Waals surface area contributed by atoms with Gasteiger partial charge in [-0.1, -0.05) is 41.5 Å². The van der Waals surface area contributed by atoms with Gasteiger partial charge in [-0.3, -0.25) is 0 Å². The summed E-state index contributed by atoms with van der Waals surface area (Å²) in [6.07, 6.45) is -0.756. The lowest BCUT2D eigenvalue weighted by Crippen LogP contribution is -2.25. The molecule has 4 nitrogen and oxygen atoms in total. The first-order valence-corrected chi connectivity index (χ1v) is 5.21. The smallest absolute Gasteiger partial charge is 0.135 e. The van der Waals surface area contributed by atoms with Gasteiger partial charge in [-0.25, -0.2) is 4.39 Å². The van der Waals surface area contributed by atoms with Gasteiger partial charge in [0.1, 0.15) is 12.3 Å². The molecule has 0 heterocycles. The molecule has 2 atom stereocenters. The summed E-state index contributed by atoms with van der Waals surface area (Å²) < 4.78 is 18.9. The fraction of sp³-hybridized carbons (Fsp3) is 0.333. The zero-order valence-electron chi connectivity index (χ0n) is 9.37. The lowest BCUT2D eigenvalue weighted by Gasteiger charge is -2.16. The number of hydrogen-bond acceptors (Lipinski definition) is 2. The van der Waals surface area contributed by atoms with Crippen molar-refractivity contribution in [3.8, 4) is 0 Å². The van der Waals surface area contributed by atoms with Gasteiger partial charge in [0, 0.05) is 4.91 Å². The Bertz CT molecular complexity index is 390. The molecule has 5 heteroatoms. The molecule has 0 bridgehead atoms. The number of ether oxygens (including phenoxy) is 1. The summed E-state index contributed by atoms with van der Waals surface area (Å²) in [6, 6.07) is 9.44. The van der Waals surface area contributed by atoms with E-state index in [-0.39, 0.29) is 6.54 Å². The first-order valence-electron chi connectivity index (χ1n) is 5.21. The maximum atomic E-state index is 13.5. The van der Waals surface area contributed by atoms with Gasteiger partial charge >= 0.3 is 0 Å². The van der Waals surface area contributed by atoms with Crippen molar-refractivity contribution in [2.75, 3.05) is 6.54 Å². The van der Waals surface area contributed by atoms with Gasteiger partial charge < -0.3 is 4.74 Å². The van der Waals surface area contributed by atoms with Crippen LogP contribution in [0.4, 0.5) is 4.39 Å². The molecule has 0 radical (unpaired) electrons. The van der Waals surface area contributed by atoms with Gasteiger partial charge in [-0.15, -0.1) is 6.58 Å². The fourth-order valence-electron chi connectivity index (χ4n) is 1.31. The quantitative estimate of drug-likeness (QED) is 0.309. The predicted octanol–water partition coefficient (Wildman–Crippen LogP) is 3.41. The minimum absolute atomic E-state index is 0.248. The zero-order chi connectivity index (χ0) is 12.5. The third-order valence-electron chi connectivity index (χ3n) is 2.19. The van der Waals surface area contributed by atoms with Crippen molar-refractivity contribution in [1.82, 2.24) is 0 Å². The number of alkyl halides is 1. The first kappa shape index (κ1) is 13.2. The van der Waals surface area contributed by atoms with Crippen LogP contribution in [0, 0.1) is 0 Å². The van der Waals surface area contributed by atoms with Crippen molar-refractivity contribution in [2.45, 2.75) is 18.9 Å². The molecule has 1 rings (SSSR count). The van der Waals surface area contributed by atoms with E-state index >= 15 is 0 Å². The SMILES string of the molecule is C=C[C@@H](OCc1ccccc1)[C@@H](F)CN=[N+]=[N-]. The topological polar surface area (TPSA) is 58.0 Å². The van der Waals surface area contributed by atoms with Crippen molar-refractivity contribution < 1.29 is 9.13 Å². The molecule has 0 aliphatic rings. The predicted molar refractivity (Wildman–Crippen MR) is 64.1 cm³/mol. The van der Waals surface area contributed by atoms with Crippen molar-refractivity contribution in [1.29, 1.82) is 0 Å². The average Bonchev–Trinajstić information content (AvgIpc) is 2.38. The highest BCUT2D eigenvalue weighted by Gasteiger charge is 2.17. The van der Waals surface area contributed by atoms with Crippen molar-refractivity contribution in [3.05, 3.63) is 59.0 Å². The molecule has 0 aromatic heterocycles. The normalized spacial score (nSPS) is 13.5. The highest BCUT2D eigenvalue weighted by Crippen LogP contribution is 2.10. The summed E-state index contributed by atoms with van der Waals surface area (Å²) in [6.45, 7) is 3.55. The van der Waals surface area contributed by atoms with Gasteiger partial charge in [0.25, 0.3) is 0 Å². The monoisotopic (exact) mass is 235 g/mol. The second-order valence-electron chi connectivity index (χ2n) is 3.43. The van der Waals surface area contributed by atoms with E-state index in [0.29, 0.717) is 6.61 Å². The molecule has 0 spiro atoms. The number of rotatable bonds is 7. The number of halogens is 1. The highest BCUT2D eigenvalue weighted by atomic mass is 19.1. The molecular formula is C12H14FN3O. The Morgan fingerprint density at radius 3 is 2.76 bits per heavy atom.